The maximum atomic E-state index is 14.3. The number of anilines is 1. The van der Waals surface area contributed by atoms with Crippen LogP contribution >= 0.6 is 11.3 Å². The largest absolute Gasteiger partial charge is 0.273 e. The van der Waals surface area contributed by atoms with E-state index < -0.39 is 32.6 Å². The molecule has 0 amide bonds. The predicted molar refractivity (Wildman–Crippen MR) is 117 cm³/mol. The lowest BCUT2D eigenvalue weighted by Crippen LogP contribution is -2.38. The summed E-state index contributed by atoms with van der Waals surface area (Å²) in [7, 11) is -5.34. The first kappa shape index (κ1) is 20.2. The van der Waals surface area contributed by atoms with Crippen molar-refractivity contribution in [3.05, 3.63) is 72.6 Å². The highest BCUT2D eigenvalue weighted by Gasteiger charge is 2.33. The molecule has 0 radical (unpaired) electrons. The highest BCUT2D eigenvalue weighted by molar-refractivity contribution is 7.95. The highest BCUT2D eigenvalue weighted by atomic mass is 32.2. The lowest BCUT2D eigenvalue weighted by Gasteiger charge is -2.30. The molecule has 0 bridgehead atoms. The third-order valence-corrected chi connectivity index (χ3v) is 9.83. The van der Waals surface area contributed by atoms with Crippen LogP contribution in [0.3, 0.4) is 0 Å². The second-order valence-corrected chi connectivity index (χ2v) is 11.6. The third-order valence-electron chi connectivity index (χ3n) is 5.06. The zero-order valence-corrected chi connectivity index (χ0v) is 18.2. The molecular weight excluding hydrogens is 462 g/mol. The zero-order valence-electron chi connectivity index (χ0n) is 15.8. The summed E-state index contributed by atoms with van der Waals surface area (Å²) in [6, 6.07) is 14.7. The van der Waals surface area contributed by atoms with Gasteiger partial charge >= 0.3 is 0 Å². The van der Waals surface area contributed by atoms with Crippen molar-refractivity contribution in [2.24, 2.45) is 0 Å². The number of sulfonamides is 1. The summed E-state index contributed by atoms with van der Waals surface area (Å²) in [4.78, 5) is 3.63. The molecule has 1 aliphatic heterocycles. The van der Waals surface area contributed by atoms with Gasteiger partial charge in [0.05, 0.1) is 21.4 Å². The minimum Gasteiger partial charge on any atom is -0.263 e. The molecule has 3 heterocycles. The number of halogens is 2. The summed E-state index contributed by atoms with van der Waals surface area (Å²) in [5, 5.41) is 0.815. The molecule has 4 aromatic rings. The number of nitrogens with zero attached hydrogens (tertiary/aromatic N) is 2. The molecule has 31 heavy (non-hydrogen) atoms. The van der Waals surface area contributed by atoms with E-state index in [1.807, 2.05) is 24.3 Å². The van der Waals surface area contributed by atoms with Gasteiger partial charge in [0.25, 0.3) is 10.0 Å². The molecule has 0 N–H and O–H groups in total. The monoisotopic (exact) mass is 476 g/mol. The van der Waals surface area contributed by atoms with E-state index in [-0.39, 0.29) is 33.3 Å². The minimum atomic E-state index is -3.94. The number of benzene rings is 2. The number of pyridine rings is 1. The van der Waals surface area contributed by atoms with E-state index in [4.69, 9.17) is 0 Å². The van der Waals surface area contributed by atoms with Crippen LogP contribution in [0.5, 0.6) is 0 Å². The Morgan fingerprint density at radius 1 is 1.06 bits per heavy atom. The van der Waals surface area contributed by atoms with Crippen molar-refractivity contribution >= 4 is 47.9 Å². The van der Waals surface area contributed by atoms with Gasteiger partial charge in [-0.15, -0.1) is 11.3 Å². The predicted octanol–water partition coefficient (Wildman–Crippen LogP) is 4.56. The molecule has 2 aromatic heterocycles. The van der Waals surface area contributed by atoms with Gasteiger partial charge in [0.1, 0.15) is 4.21 Å². The van der Waals surface area contributed by atoms with Crippen LogP contribution in [-0.4, -0.2) is 29.9 Å². The van der Waals surface area contributed by atoms with Gasteiger partial charge < -0.3 is 0 Å². The number of rotatable bonds is 3. The highest BCUT2D eigenvalue weighted by Crippen LogP contribution is 2.39. The van der Waals surface area contributed by atoms with Gasteiger partial charge in [-0.3, -0.25) is 8.51 Å². The molecule has 0 aliphatic carbocycles. The van der Waals surface area contributed by atoms with Crippen molar-refractivity contribution in [1.82, 2.24) is 4.98 Å². The lowest BCUT2D eigenvalue weighted by atomic mass is 10.1. The van der Waals surface area contributed by atoms with Crippen molar-refractivity contribution in [1.29, 1.82) is 0 Å². The number of aromatic nitrogens is 1. The Morgan fingerprint density at radius 3 is 2.68 bits per heavy atom. The summed E-state index contributed by atoms with van der Waals surface area (Å²) in [5.41, 5.74) is 0.426. The Kier molecular flexibility index (Phi) is 4.87. The number of fused-ring (bicyclic) bond motifs is 2. The molecule has 158 valence electrons. The average Bonchev–Trinajstić information content (AvgIpc) is 3.21. The maximum absolute atomic E-state index is 14.3. The van der Waals surface area contributed by atoms with E-state index in [1.54, 1.807) is 6.07 Å². The molecule has 0 fully saturated rings. The van der Waals surface area contributed by atoms with E-state index in [2.05, 4.69) is 4.98 Å². The maximum Gasteiger partial charge on any atom is 0.273 e. The first-order valence-corrected chi connectivity index (χ1v) is 12.8. The first-order valence-electron chi connectivity index (χ1n) is 9.20. The van der Waals surface area contributed by atoms with Crippen LogP contribution in [0.2, 0.25) is 0 Å². The van der Waals surface area contributed by atoms with Gasteiger partial charge in [-0.1, -0.05) is 24.3 Å². The van der Waals surface area contributed by atoms with Crippen LogP contribution in [0.15, 0.2) is 69.9 Å². The second kappa shape index (κ2) is 7.47. The Morgan fingerprint density at radius 2 is 1.87 bits per heavy atom. The molecule has 0 spiro atoms. The summed E-state index contributed by atoms with van der Waals surface area (Å²) in [5.74, 6) is -2.22. The number of thiophene rings is 1. The smallest absolute Gasteiger partial charge is 0.263 e. The van der Waals surface area contributed by atoms with Gasteiger partial charge in [0, 0.05) is 28.8 Å². The molecule has 10 heteroatoms. The van der Waals surface area contributed by atoms with Crippen molar-refractivity contribution in [2.75, 3.05) is 16.6 Å². The van der Waals surface area contributed by atoms with E-state index in [0.717, 1.165) is 27.6 Å². The lowest BCUT2D eigenvalue weighted by molar-refractivity contribution is 0.482. The van der Waals surface area contributed by atoms with Gasteiger partial charge in [0.2, 0.25) is 5.95 Å². The van der Waals surface area contributed by atoms with Gasteiger partial charge in [0.15, 0.2) is 5.82 Å². The normalized spacial score (nSPS) is 16.5. The fourth-order valence-electron chi connectivity index (χ4n) is 3.55. The Balaban J connectivity index is 1.66. The van der Waals surface area contributed by atoms with Crippen molar-refractivity contribution in [3.63, 3.8) is 0 Å². The third kappa shape index (κ3) is 3.35. The summed E-state index contributed by atoms with van der Waals surface area (Å²) >= 11 is 1.15. The molecule has 1 aliphatic rings. The van der Waals surface area contributed by atoms with Crippen LogP contribution in [0.1, 0.15) is 0 Å². The van der Waals surface area contributed by atoms with Crippen LogP contribution in [0, 0.1) is 11.8 Å². The van der Waals surface area contributed by atoms with E-state index in [0.29, 0.717) is 4.90 Å². The summed E-state index contributed by atoms with van der Waals surface area (Å²) in [6.07, 6.45) is 1.14. The SMILES string of the molecule is O=S1CCN(S(=O)(=O)c2cc3ccccc3s2)c2cc(-c3ccnc(F)c3F)ccc21. The fraction of sp³-hybridized carbons (Fsp3) is 0.0952. The Bertz CT molecular complexity index is 1440. The molecular formula is C21H14F2N2O3S3. The van der Waals surface area contributed by atoms with Crippen LogP contribution in [-0.2, 0) is 20.8 Å². The molecule has 1 unspecified atom stereocenters. The molecule has 5 rings (SSSR count). The minimum absolute atomic E-state index is 0.0207. The molecule has 1 atom stereocenters. The molecule has 0 saturated heterocycles. The van der Waals surface area contributed by atoms with Crippen molar-refractivity contribution < 1.29 is 21.4 Å². The zero-order chi connectivity index (χ0) is 21.8. The van der Waals surface area contributed by atoms with E-state index >= 15 is 0 Å². The number of hydrogen-bond donors (Lipinski definition) is 0. The van der Waals surface area contributed by atoms with Gasteiger partial charge in [-0.25, -0.2) is 17.8 Å². The standard InChI is InChI=1S/C21H14F2N2O3S3/c22-20-15(7-8-24-21(20)23)13-5-6-18-16(11-13)25(9-10-30(18)26)31(27,28)19-12-14-3-1-2-4-17(14)29-19/h1-8,11-12H,9-10H2. The van der Waals surface area contributed by atoms with Crippen LogP contribution in [0.25, 0.3) is 21.2 Å². The fourth-order valence-corrected chi connectivity index (χ4v) is 7.91. The average molecular weight is 477 g/mol. The Labute approximate surface area is 183 Å². The van der Waals surface area contributed by atoms with Crippen molar-refractivity contribution in [2.45, 2.75) is 9.10 Å². The van der Waals surface area contributed by atoms with Crippen molar-refractivity contribution in [3.8, 4) is 11.1 Å². The second-order valence-electron chi connectivity index (χ2n) is 6.88. The van der Waals surface area contributed by atoms with Crippen LogP contribution in [0.4, 0.5) is 14.5 Å². The Hall–Kier alpha value is -2.69. The summed E-state index contributed by atoms with van der Waals surface area (Å²) in [6.45, 7) is 0.0207. The van der Waals surface area contributed by atoms with E-state index in [1.165, 1.54) is 28.6 Å². The molecule has 0 saturated carbocycles. The topological polar surface area (TPSA) is 67.3 Å². The van der Waals surface area contributed by atoms with Gasteiger partial charge in [-0.05, 0) is 41.3 Å². The quantitative estimate of drug-likeness (QED) is 0.407. The molecule has 2 aromatic carbocycles. The molecule has 5 nitrogen and oxygen atoms in total. The van der Waals surface area contributed by atoms with Crippen LogP contribution < -0.4 is 4.31 Å². The van der Waals surface area contributed by atoms with E-state index in [9.17, 15) is 21.4 Å². The first-order chi connectivity index (χ1) is 14.9. The summed E-state index contributed by atoms with van der Waals surface area (Å²) < 4.78 is 69.6. The number of hydrogen-bond acceptors (Lipinski definition) is 5. The van der Waals surface area contributed by atoms with Gasteiger partial charge in [-0.2, -0.15) is 4.39 Å².